The summed E-state index contributed by atoms with van der Waals surface area (Å²) < 4.78 is 5.59. The Kier molecular flexibility index (Phi) is 9.20. The summed E-state index contributed by atoms with van der Waals surface area (Å²) in [5.41, 5.74) is -0.199. The van der Waals surface area contributed by atoms with E-state index in [4.69, 9.17) is 16.3 Å². The quantitative estimate of drug-likeness (QED) is 0.400. The number of quaternary nitrogens is 2. The lowest BCUT2D eigenvalue weighted by atomic mass is 10.1. The van der Waals surface area contributed by atoms with Crippen molar-refractivity contribution in [2.45, 2.75) is 32.7 Å². The lowest BCUT2D eigenvalue weighted by Gasteiger charge is -2.22. The highest BCUT2D eigenvalue weighted by Gasteiger charge is 2.25. The van der Waals surface area contributed by atoms with E-state index in [0.29, 0.717) is 31.3 Å². The van der Waals surface area contributed by atoms with Crippen LogP contribution >= 0.6 is 11.6 Å². The third-order valence-electron chi connectivity index (χ3n) is 4.73. The molecule has 0 aromatic heterocycles. The number of halogens is 1. The molecule has 2 rings (SSSR count). The molecule has 1 aromatic carbocycles. The molecule has 0 spiro atoms. The van der Waals surface area contributed by atoms with E-state index in [1.165, 1.54) is 9.80 Å². The van der Waals surface area contributed by atoms with Crippen molar-refractivity contribution in [1.29, 1.82) is 0 Å². The number of amides is 2. The molecule has 4 N–H and O–H groups in total. The van der Waals surface area contributed by atoms with Gasteiger partial charge in [-0.1, -0.05) is 11.6 Å². The summed E-state index contributed by atoms with van der Waals surface area (Å²) >= 11 is 5.84. The van der Waals surface area contributed by atoms with Crippen LogP contribution in [-0.2, 0) is 9.59 Å². The van der Waals surface area contributed by atoms with Crippen LogP contribution in [0.5, 0.6) is 5.75 Å². The first-order valence-corrected chi connectivity index (χ1v) is 10.7. The number of nitrogens with one attached hydrogen (secondary N) is 4. The van der Waals surface area contributed by atoms with Gasteiger partial charge in [0.2, 0.25) is 0 Å². The number of carbonyl (C=O) groups is 2. The maximum atomic E-state index is 12.2. The Labute approximate surface area is 178 Å². The molecule has 1 fully saturated rings. The Morgan fingerprint density at radius 3 is 2.17 bits per heavy atom. The molecule has 7 nitrogen and oxygen atoms in total. The van der Waals surface area contributed by atoms with Gasteiger partial charge in [0.1, 0.15) is 25.4 Å². The Balaban J connectivity index is 1.62. The number of ether oxygens (including phenoxy) is 1. The molecule has 2 unspecified atom stereocenters. The Morgan fingerprint density at radius 2 is 1.59 bits per heavy atom. The van der Waals surface area contributed by atoms with Crippen LogP contribution < -0.4 is 25.2 Å². The van der Waals surface area contributed by atoms with Gasteiger partial charge in [0, 0.05) is 17.0 Å². The van der Waals surface area contributed by atoms with E-state index >= 15 is 0 Å². The van der Waals surface area contributed by atoms with Crippen molar-refractivity contribution in [1.82, 2.24) is 10.6 Å². The molecule has 2 atom stereocenters. The minimum Gasteiger partial charge on any atom is -0.492 e. The van der Waals surface area contributed by atoms with E-state index < -0.39 is 0 Å². The highest BCUT2D eigenvalue weighted by atomic mass is 35.5. The van der Waals surface area contributed by atoms with Crippen LogP contribution in [0, 0.1) is 0 Å². The van der Waals surface area contributed by atoms with Crippen LogP contribution in [0.25, 0.3) is 0 Å². The first kappa shape index (κ1) is 23.4. The first-order valence-electron chi connectivity index (χ1n) is 10.3. The lowest BCUT2D eigenvalue weighted by molar-refractivity contribution is -0.930. The molecule has 1 saturated heterocycles. The first-order chi connectivity index (χ1) is 13.7. The zero-order chi connectivity index (χ0) is 21.3. The summed E-state index contributed by atoms with van der Waals surface area (Å²) in [6.07, 6.45) is 1.01. The van der Waals surface area contributed by atoms with Gasteiger partial charge in [0.25, 0.3) is 11.8 Å². The largest absolute Gasteiger partial charge is 0.492 e. The molecule has 2 amide bonds. The van der Waals surface area contributed by atoms with Gasteiger partial charge in [-0.05, 0) is 45.0 Å². The summed E-state index contributed by atoms with van der Waals surface area (Å²) in [5.74, 6) is 0.864. The van der Waals surface area contributed by atoms with Crippen molar-refractivity contribution in [2.75, 3.05) is 52.4 Å². The highest BCUT2D eigenvalue weighted by molar-refractivity contribution is 6.30. The molecule has 1 aliphatic heterocycles. The van der Waals surface area contributed by atoms with E-state index in [0.717, 1.165) is 38.3 Å². The number of benzene rings is 1. The maximum Gasteiger partial charge on any atom is 0.275 e. The molecular formula is C21H35ClN4O3+2. The summed E-state index contributed by atoms with van der Waals surface area (Å²) in [6.45, 7) is 11.6. The molecule has 1 aromatic rings. The van der Waals surface area contributed by atoms with Crippen molar-refractivity contribution in [3.8, 4) is 5.75 Å². The zero-order valence-corrected chi connectivity index (χ0v) is 18.5. The Bertz CT molecular complexity index is 661. The second-order valence-corrected chi connectivity index (χ2v) is 9.09. The summed E-state index contributed by atoms with van der Waals surface area (Å²) in [6, 6.07) is 7.16. The van der Waals surface area contributed by atoms with Crippen LogP contribution in [-0.4, -0.2) is 69.8 Å². The van der Waals surface area contributed by atoms with Crippen molar-refractivity contribution in [3.05, 3.63) is 29.3 Å². The molecule has 8 heteroatoms. The molecule has 1 aliphatic rings. The Hall–Kier alpha value is -1.83. The standard InChI is InChI=1S/C21H33ClN4O3/c1-21(2,3)24-20(28)16-26-11-4-10-25(12-13-26)15-19(27)23-9-14-29-18-7-5-17(22)6-8-18/h5-8H,4,9-16H2,1-3H3,(H,23,27)(H,24,28)/p+2. The van der Waals surface area contributed by atoms with Gasteiger partial charge >= 0.3 is 0 Å². The molecule has 29 heavy (non-hydrogen) atoms. The van der Waals surface area contributed by atoms with Crippen LogP contribution in [0.4, 0.5) is 0 Å². The van der Waals surface area contributed by atoms with Gasteiger partial charge in [-0.2, -0.15) is 0 Å². The fourth-order valence-electron chi connectivity index (χ4n) is 3.41. The van der Waals surface area contributed by atoms with Crippen LogP contribution in [0.15, 0.2) is 24.3 Å². The molecular weight excluding hydrogens is 392 g/mol. The van der Waals surface area contributed by atoms with Crippen LogP contribution in [0.3, 0.4) is 0 Å². The average molecular weight is 427 g/mol. The topological polar surface area (TPSA) is 76.3 Å². The molecule has 0 aliphatic carbocycles. The fourth-order valence-corrected chi connectivity index (χ4v) is 3.54. The third-order valence-corrected chi connectivity index (χ3v) is 4.99. The molecule has 162 valence electrons. The number of rotatable bonds is 8. The predicted octanol–water partition coefficient (Wildman–Crippen LogP) is -1.08. The van der Waals surface area contributed by atoms with Gasteiger partial charge in [0.15, 0.2) is 13.1 Å². The summed E-state index contributed by atoms with van der Waals surface area (Å²) in [5, 5.41) is 6.61. The van der Waals surface area contributed by atoms with E-state index in [2.05, 4.69) is 10.6 Å². The average Bonchev–Trinajstić information content (AvgIpc) is 2.84. The lowest BCUT2D eigenvalue weighted by Crippen LogP contribution is -3.18. The fraction of sp³-hybridized carbons (Fsp3) is 0.619. The highest BCUT2D eigenvalue weighted by Crippen LogP contribution is 2.14. The van der Waals surface area contributed by atoms with Gasteiger partial charge < -0.3 is 25.2 Å². The van der Waals surface area contributed by atoms with Gasteiger partial charge in [-0.15, -0.1) is 0 Å². The second kappa shape index (κ2) is 11.4. The summed E-state index contributed by atoms with van der Waals surface area (Å²) in [7, 11) is 0. The number of hydrogen-bond donors (Lipinski definition) is 4. The Morgan fingerprint density at radius 1 is 1.00 bits per heavy atom. The normalized spacial score (nSPS) is 19.9. The van der Waals surface area contributed by atoms with Crippen molar-refractivity contribution in [2.24, 2.45) is 0 Å². The van der Waals surface area contributed by atoms with Crippen molar-refractivity contribution < 1.29 is 24.1 Å². The third kappa shape index (κ3) is 9.96. The summed E-state index contributed by atoms with van der Waals surface area (Å²) in [4.78, 5) is 26.9. The maximum absolute atomic E-state index is 12.2. The monoisotopic (exact) mass is 426 g/mol. The molecule has 1 heterocycles. The number of carbonyl (C=O) groups excluding carboxylic acids is 2. The van der Waals surface area contributed by atoms with Crippen LogP contribution in [0.2, 0.25) is 5.02 Å². The minimum atomic E-state index is -0.199. The van der Waals surface area contributed by atoms with E-state index in [-0.39, 0.29) is 17.4 Å². The smallest absolute Gasteiger partial charge is 0.275 e. The zero-order valence-electron chi connectivity index (χ0n) is 17.8. The number of hydrogen-bond acceptors (Lipinski definition) is 3. The molecule has 0 saturated carbocycles. The minimum absolute atomic E-state index is 0.0358. The SMILES string of the molecule is CC(C)(C)NC(=O)C[NH+]1CCC[NH+](CC(=O)NCCOc2ccc(Cl)cc2)CC1. The predicted molar refractivity (Wildman–Crippen MR) is 114 cm³/mol. The van der Waals surface area contributed by atoms with Gasteiger partial charge in [-0.3, -0.25) is 9.59 Å². The molecule has 0 bridgehead atoms. The van der Waals surface area contributed by atoms with E-state index in [1.807, 2.05) is 20.8 Å². The van der Waals surface area contributed by atoms with Crippen molar-refractivity contribution >= 4 is 23.4 Å². The van der Waals surface area contributed by atoms with Gasteiger partial charge in [0.05, 0.1) is 19.6 Å². The van der Waals surface area contributed by atoms with Gasteiger partial charge in [-0.25, -0.2) is 0 Å². The van der Waals surface area contributed by atoms with Crippen molar-refractivity contribution in [3.63, 3.8) is 0 Å². The van der Waals surface area contributed by atoms with Crippen LogP contribution in [0.1, 0.15) is 27.2 Å². The van der Waals surface area contributed by atoms with E-state index in [9.17, 15) is 9.59 Å². The van der Waals surface area contributed by atoms with E-state index in [1.54, 1.807) is 24.3 Å². The second-order valence-electron chi connectivity index (χ2n) is 8.66. The molecule has 0 radical (unpaired) electrons.